The van der Waals surface area contributed by atoms with Crippen LogP contribution in [0.3, 0.4) is 0 Å². The van der Waals surface area contributed by atoms with Gasteiger partial charge in [0.15, 0.2) is 0 Å². The summed E-state index contributed by atoms with van der Waals surface area (Å²) in [5.74, 6) is 0.661. The van der Waals surface area contributed by atoms with E-state index in [2.05, 4.69) is 5.32 Å². The Hall–Kier alpha value is -1.59. The highest BCUT2D eigenvalue weighted by Gasteiger charge is 2.25. The van der Waals surface area contributed by atoms with Crippen molar-refractivity contribution in [2.75, 3.05) is 20.3 Å². The molecule has 2 rings (SSSR count). The van der Waals surface area contributed by atoms with Gasteiger partial charge in [0.2, 0.25) is 5.91 Å². The van der Waals surface area contributed by atoms with Gasteiger partial charge in [-0.15, -0.1) is 0 Å². The van der Waals surface area contributed by atoms with E-state index in [0.717, 1.165) is 22.4 Å². The van der Waals surface area contributed by atoms with E-state index in [1.165, 1.54) is 7.11 Å². The van der Waals surface area contributed by atoms with Crippen LogP contribution in [-0.4, -0.2) is 31.3 Å². The highest BCUT2D eigenvalue weighted by atomic mass is 16.5. The standard InChI is InChI=1S/C15H21NO4/c1-9-6-11(10(2)17)7-12-13(4-5-20-15(9)12)16-14(18)8-19-3/h6-7,10,13,17H,4-5,8H2,1-3H3,(H,16,18). The molecule has 1 aromatic carbocycles. The molecule has 2 unspecified atom stereocenters. The largest absolute Gasteiger partial charge is 0.493 e. The maximum absolute atomic E-state index is 11.7. The van der Waals surface area contributed by atoms with Gasteiger partial charge in [-0.1, -0.05) is 0 Å². The molecule has 1 amide bonds. The van der Waals surface area contributed by atoms with Gasteiger partial charge in [0.25, 0.3) is 0 Å². The van der Waals surface area contributed by atoms with E-state index in [4.69, 9.17) is 9.47 Å². The van der Waals surface area contributed by atoms with Crippen LogP contribution in [-0.2, 0) is 9.53 Å². The summed E-state index contributed by atoms with van der Waals surface area (Å²) in [6, 6.07) is 3.73. The second kappa shape index (κ2) is 6.24. The second-order valence-corrected chi connectivity index (χ2v) is 5.12. The van der Waals surface area contributed by atoms with Gasteiger partial charge in [0.1, 0.15) is 12.4 Å². The number of nitrogens with one attached hydrogen (secondary N) is 1. The third kappa shape index (κ3) is 3.11. The van der Waals surface area contributed by atoms with Crippen LogP contribution in [0.1, 0.15) is 42.2 Å². The zero-order chi connectivity index (χ0) is 14.7. The fourth-order valence-corrected chi connectivity index (χ4v) is 2.48. The van der Waals surface area contributed by atoms with Crippen LogP contribution in [0.25, 0.3) is 0 Å². The number of carbonyl (C=O) groups is 1. The van der Waals surface area contributed by atoms with E-state index in [1.807, 2.05) is 19.1 Å². The number of ether oxygens (including phenoxy) is 2. The normalized spacial score (nSPS) is 18.9. The number of amides is 1. The van der Waals surface area contributed by atoms with Crippen LogP contribution >= 0.6 is 0 Å². The number of rotatable bonds is 4. The molecular formula is C15H21NO4. The molecule has 1 aliphatic rings. The third-order valence-electron chi connectivity index (χ3n) is 3.45. The van der Waals surface area contributed by atoms with Gasteiger partial charge in [-0.3, -0.25) is 4.79 Å². The van der Waals surface area contributed by atoms with E-state index >= 15 is 0 Å². The van der Waals surface area contributed by atoms with Crippen LogP contribution in [0.5, 0.6) is 5.75 Å². The molecule has 1 aliphatic heterocycles. The van der Waals surface area contributed by atoms with E-state index < -0.39 is 6.10 Å². The lowest BCUT2D eigenvalue weighted by molar-refractivity contribution is -0.125. The van der Waals surface area contributed by atoms with Gasteiger partial charge < -0.3 is 19.9 Å². The predicted molar refractivity (Wildman–Crippen MR) is 74.7 cm³/mol. The topological polar surface area (TPSA) is 67.8 Å². The van der Waals surface area contributed by atoms with Crippen molar-refractivity contribution in [3.05, 3.63) is 28.8 Å². The average molecular weight is 279 g/mol. The van der Waals surface area contributed by atoms with Crippen LogP contribution < -0.4 is 10.1 Å². The Labute approximate surface area is 118 Å². The molecule has 0 saturated carbocycles. The Morgan fingerprint density at radius 3 is 3.00 bits per heavy atom. The molecule has 0 bridgehead atoms. The lowest BCUT2D eigenvalue weighted by Gasteiger charge is -2.29. The maximum Gasteiger partial charge on any atom is 0.246 e. The van der Waals surface area contributed by atoms with Gasteiger partial charge in [-0.2, -0.15) is 0 Å². The van der Waals surface area contributed by atoms with E-state index in [1.54, 1.807) is 6.92 Å². The van der Waals surface area contributed by atoms with E-state index in [-0.39, 0.29) is 18.6 Å². The molecule has 0 fully saturated rings. The molecule has 20 heavy (non-hydrogen) atoms. The van der Waals surface area contributed by atoms with Crippen molar-refractivity contribution in [1.29, 1.82) is 0 Å². The quantitative estimate of drug-likeness (QED) is 0.879. The van der Waals surface area contributed by atoms with Gasteiger partial charge >= 0.3 is 0 Å². The summed E-state index contributed by atoms with van der Waals surface area (Å²) >= 11 is 0. The molecule has 0 spiro atoms. The van der Waals surface area contributed by atoms with Crippen LogP contribution in [0.2, 0.25) is 0 Å². The molecule has 2 atom stereocenters. The summed E-state index contributed by atoms with van der Waals surface area (Å²) < 4.78 is 10.5. The third-order valence-corrected chi connectivity index (χ3v) is 3.45. The first-order valence-corrected chi connectivity index (χ1v) is 6.76. The average Bonchev–Trinajstić information content (AvgIpc) is 2.39. The van der Waals surface area contributed by atoms with Gasteiger partial charge in [-0.05, 0) is 37.1 Å². The summed E-state index contributed by atoms with van der Waals surface area (Å²) in [6.45, 7) is 4.29. The van der Waals surface area contributed by atoms with Gasteiger partial charge in [-0.25, -0.2) is 0 Å². The minimum atomic E-state index is -0.545. The van der Waals surface area contributed by atoms with Gasteiger partial charge in [0, 0.05) is 19.1 Å². The summed E-state index contributed by atoms with van der Waals surface area (Å²) in [7, 11) is 1.49. The molecule has 1 aromatic rings. The van der Waals surface area contributed by atoms with Gasteiger partial charge in [0.05, 0.1) is 18.8 Å². The van der Waals surface area contributed by atoms with Crippen molar-refractivity contribution in [2.45, 2.75) is 32.4 Å². The number of hydrogen-bond acceptors (Lipinski definition) is 4. The van der Waals surface area contributed by atoms with Crippen molar-refractivity contribution < 1.29 is 19.4 Å². The predicted octanol–water partition coefficient (Wildman–Crippen LogP) is 1.63. The number of benzene rings is 1. The molecule has 110 valence electrons. The minimum Gasteiger partial charge on any atom is -0.493 e. The minimum absolute atomic E-state index is 0.0434. The molecule has 2 N–H and O–H groups in total. The Morgan fingerprint density at radius 1 is 1.60 bits per heavy atom. The highest BCUT2D eigenvalue weighted by Crippen LogP contribution is 2.37. The number of aliphatic hydroxyl groups is 1. The Kier molecular flexibility index (Phi) is 4.62. The van der Waals surface area contributed by atoms with Crippen molar-refractivity contribution in [2.24, 2.45) is 0 Å². The zero-order valence-electron chi connectivity index (χ0n) is 12.1. The van der Waals surface area contributed by atoms with Crippen molar-refractivity contribution in [3.8, 4) is 5.75 Å². The molecule has 5 nitrogen and oxygen atoms in total. The van der Waals surface area contributed by atoms with Crippen LogP contribution in [0.4, 0.5) is 0 Å². The molecule has 0 aliphatic carbocycles. The second-order valence-electron chi connectivity index (χ2n) is 5.12. The summed E-state index contributed by atoms with van der Waals surface area (Å²) in [6.07, 6.45) is 0.168. The maximum atomic E-state index is 11.7. The molecule has 0 radical (unpaired) electrons. The first kappa shape index (κ1) is 14.8. The number of fused-ring (bicyclic) bond motifs is 1. The number of hydrogen-bond donors (Lipinski definition) is 2. The first-order valence-electron chi connectivity index (χ1n) is 6.76. The summed E-state index contributed by atoms with van der Waals surface area (Å²) in [4.78, 5) is 11.7. The monoisotopic (exact) mass is 279 g/mol. The smallest absolute Gasteiger partial charge is 0.246 e. The molecular weight excluding hydrogens is 258 g/mol. The zero-order valence-corrected chi connectivity index (χ0v) is 12.1. The van der Waals surface area contributed by atoms with E-state index in [9.17, 15) is 9.90 Å². The Morgan fingerprint density at radius 2 is 2.35 bits per heavy atom. The summed E-state index contributed by atoms with van der Waals surface area (Å²) in [5.41, 5.74) is 2.73. The number of aliphatic hydroxyl groups excluding tert-OH is 1. The lowest BCUT2D eigenvalue weighted by atomic mass is 9.94. The molecule has 1 heterocycles. The Bertz CT molecular complexity index is 499. The Balaban J connectivity index is 2.31. The lowest BCUT2D eigenvalue weighted by Crippen LogP contribution is -2.34. The SMILES string of the molecule is COCC(=O)NC1CCOc2c(C)cc(C(C)O)cc21. The van der Waals surface area contributed by atoms with Crippen LogP contribution in [0, 0.1) is 6.92 Å². The number of methoxy groups -OCH3 is 1. The fourth-order valence-electron chi connectivity index (χ4n) is 2.48. The number of carbonyl (C=O) groups excluding carboxylic acids is 1. The molecule has 0 aromatic heterocycles. The first-order chi connectivity index (χ1) is 9.52. The molecule has 0 saturated heterocycles. The van der Waals surface area contributed by atoms with Crippen molar-refractivity contribution >= 4 is 5.91 Å². The van der Waals surface area contributed by atoms with Crippen molar-refractivity contribution in [3.63, 3.8) is 0 Å². The molecule has 5 heteroatoms. The van der Waals surface area contributed by atoms with Crippen LogP contribution in [0.15, 0.2) is 12.1 Å². The number of aryl methyl sites for hydroxylation is 1. The summed E-state index contributed by atoms with van der Waals surface area (Å²) in [5, 5.41) is 12.7. The van der Waals surface area contributed by atoms with E-state index in [0.29, 0.717) is 13.0 Å². The fraction of sp³-hybridized carbons (Fsp3) is 0.533. The van der Waals surface area contributed by atoms with Crippen molar-refractivity contribution in [1.82, 2.24) is 5.32 Å². The highest BCUT2D eigenvalue weighted by molar-refractivity contribution is 5.78.